The van der Waals surface area contributed by atoms with Crippen LogP contribution in [0.1, 0.15) is 40.6 Å². The van der Waals surface area contributed by atoms with Crippen LogP contribution in [0, 0.1) is 0 Å². The SMILES string of the molecule is CN(C)C(=O)c1nc2n(n1)C(c1ccccc1)CC2F. The normalized spacial score (nSPS) is 20.8. The molecule has 2 heterocycles. The molecular weight excluding hydrogens is 259 g/mol. The first-order valence-electron chi connectivity index (χ1n) is 6.45. The summed E-state index contributed by atoms with van der Waals surface area (Å²) in [6.45, 7) is 0. The van der Waals surface area contributed by atoms with Gasteiger partial charge in [-0.15, -0.1) is 5.10 Å². The van der Waals surface area contributed by atoms with Crippen LogP contribution in [-0.2, 0) is 0 Å². The van der Waals surface area contributed by atoms with Crippen molar-refractivity contribution in [2.45, 2.75) is 18.6 Å². The Bertz CT molecular complexity index is 638. The molecule has 2 aromatic rings. The third-order valence-corrected chi connectivity index (χ3v) is 3.45. The number of rotatable bonds is 2. The number of alkyl halides is 1. The molecule has 5 nitrogen and oxygen atoms in total. The predicted molar refractivity (Wildman–Crippen MR) is 71.1 cm³/mol. The predicted octanol–water partition coefficient (Wildman–Crippen LogP) is 1.98. The Morgan fingerprint density at radius 2 is 2.05 bits per heavy atom. The van der Waals surface area contributed by atoms with Crippen molar-refractivity contribution >= 4 is 5.91 Å². The number of hydrogen-bond donors (Lipinski definition) is 0. The third-order valence-electron chi connectivity index (χ3n) is 3.45. The van der Waals surface area contributed by atoms with Crippen molar-refractivity contribution in [3.8, 4) is 0 Å². The number of hydrogen-bond acceptors (Lipinski definition) is 3. The van der Waals surface area contributed by atoms with Crippen molar-refractivity contribution in [2.75, 3.05) is 14.1 Å². The monoisotopic (exact) mass is 274 g/mol. The second-order valence-corrected chi connectivity index (χ2v) is 5.07. The lowest BCUT2D eigenvalue weighted by Crippen LogP contribution is -2.23. The molecule has 6 heteroatoms. The molecule has 104 valence electrons. The highest BCUT2D eigenvalue weighted by molar-refractivity contribution is 5.90. The van der Waals surface area contributed by atoms with Crippen LogP contribution in [0.3, 0.4) is 0 Å². The van der Waals surface area contributed by atoms with E-state index in [-0.39, 0.29) is 23.6 Å². The molecule has 2 atom stereocenters. The number of aromatic nitrogens is 3. The quantitative estimate of drug-likeness (QED) is 0.841. The van der Waals surface area contributed by atoms with Gasteiger partial charge < -0.3 is 4.90 Å². The minimum absolute atomic E-state index is 0.0493. The van der Waals surface area contributed by atoms with Crippen LogP contribution in [0.4, 0.5) is 4.39 Å². The van der Waals surface area contributed by atoms with Crippen LogP contribution in [0.2, 0.25) is 0 Å². The number of fused-ring (bicyclic) bond motifs is 1. The summed E-state index contributed by atoms with van der Waals surface area (Å²) in [7, 11) is 3.24. The first kappa shape index (κ1) is 12.8. The second kappa shape index (κ2) is 4.70. The van der Waals surface area contributed by atoms with E-state index in [1.54, 1.807) is 14.1 Å². The van der Waals surface area contributed by atoms with E-state index in [2.05, 4.69) is 10.1 Å². The first-order valence-corrected chi connectivity index (χ1v) is 6.45. The summed E-state index contributed by atoms with van der Waals surface area (Å²) >= 11 is 0. The van der Waals surface area contributed by atoms with Crippen molar-refractivity contribution in [3.05, 3.63) is 47.5 Å². The Morgan fingerprint density at radius 1 is 1.35 bits per heavy atom. The Balaban J connectivity index is 2.00. The molecule has 0 fully saturated rings. The maximum absolute atomic E-state index is 14.1. The lowest BCUT2D eigenvalue weighted by atomic mass is 10.0. The van der Waals surface area contributed by atoms with E-state index in [9.17, 15) is 9.18 Å². The molecule has 1 aliphatic heterocycles. The zero-order chi connectivity index (χ0) is 14.3. The first-order chi connectivity index (χ1) is 9.58. The van der Waals surface area contributed by atoms with Gasteiger partial charge in [0.1, 0.15) is 0 Å². The topological polar surface area (TPSA) is 51.0 Å². The molecule has 0 N–H and O–H groups in total. The van der Waals surface area contributed by atoms with Gasteiger partial charge in [-0.1, -0.05) is 30.3 Å². The van der Waals surface area contributed by atoms with Gasteiger partial charge in [-0.05, 0) is 5.56 Å². The van der Waals surface area contributed by atoms with E-state index in [1.807, 2.05) is 30.3 Å². The zero-order valence-corrected chi connectivity index (χ0v) is 11.3. The summed E-state index contributed by atoms with van der Waals surface area (Å²) in [5.74, 6) is -0.0248. The van der Waals surface area contributed by atoms with E-state index in [4.69, 9.17) is 0 Å². The average Bonchev–Trinajstić information content (AvgIpc) is 3.00. The maximum Gasteiger partial charge on any atom is 0.293 e. The van der Waals surface area contributed by atoms with Gasteiger partial charge in [0.05, 0.1) is 6.04 Å². The number of benzene rings is 1. The molecule has 0 bridgehead atoms. The lowest BCUT2D eigenvalue weighted by molar-refractivity contribution is 0.0815. The van der Waals surface area contributed by atoms with Gasteiger partial charge in [-0.25, -0.2) is 14.1 Å². The average molecular weight is 274 g/mol. The van der Waals surface area contributed by atoms with Crippen molar-refractivity contribution in [2.24, 2.45) is 0 Å². The molecule has 0 saturated carbocycles. The van der Waals surface area contributed by atoms with Crippen LogP contribution in [-0.4, -0.2) is 39.7 Å². The molecule has 3 rings (SSSR count). The van der Waals surface area contributed by atoms with Gasteiger partial charge >= 0.3 is 0 Å². The molecule has 0 aliphatic carbocycles. The summed E-state index contributed by atoms with van der Waals surface area (Å²) < 4.78 is 15.6. The smallest absolute Gasteiger partial charge is 0.293 e. The maximum atomic E-state index is 14.1. The van der Waals surface area contributed by atoms with Gasteiger partial charge in [0, 0.05) is 20.5 Å². The second-order valence-electron chi connectivity index (χ2n) is 5.07. The molecule has 20 heavy (non-hydrogen) atoms. The van der Waals surface area contributed by atoms with Crippen LogP contribution in [0.25, 0.3) is 0 Å². The molecule has 1 aliphatic rings. The number of nitrogens with zero attached hydrogens (tertiary/aromatic N) is 4. The number of amides is 1. The van der Waals surface area contributed by atoms with E-state index >= 15 is 0 Å². The Hall–Kier alpha value is -2.24. The number of carbonyl (C=O) groups is 1. The standard InChI is InChI=1S/C14H15FN4O/c1-18(2)14(20)12-16-13-10(15)8-11(19(13)17-12)9-6-4-3-5-7-9/h3-7,10-11H,8H2,1-2H3. The highest BCUT2D eigenvalue weighted by atomic mass is 19.1. The van der Waals surface area contributed by atoms with Crippen LogP contribution in [0.5, 0.6) is 0 Å². The summed E-state index contributed by atoms with van der Waals surface area (Å²) in [6.07, 6.45) is -0.869. The van der Waals surface area contributed by atoms with Crippen LogP contribution >= 0.6 is 0 Å². The van der Waals surface area contributed by atoms with Crippen LogP contribution < -0.4 is 0 Å². The van der Waals surface area contributed by atoms with Gasteiger partial charge in [0.25, 0.3) is 5.91 Å². The highest BCUT2D eigenvalue weighted by Gasteiger charge is 2.36. The van der Waals surface area contributed by atoms with Gasteiger partial charge in [-0.2, -0.15) is 0 Å². The summed E-state index contributed by atoms with van der Waals surface area (Å²) in [6, 6.07) is 9.39. The van der Waals surface area contributed by atoms with Crippen molar-refractivity contribution in [1.82, 2.24) is 19.7 Å². The Morgan fingerprint density at radius 3 is 2.70 bits per heavy atom. The van der Waals surface area contributed by atoms with E-state index in [0.717, 1.165) is 5.56 Å². The van der Waals surface area contributed by atoms with Crippen molar-refractivity contribution < 1.29 is 9.18 Å². The third kappa shape index (κ3) is 1.97. The minimum atomic E-state index is -1.18. The number of halogens is 1. The molecule has 0 saturated heterocycles. The van der Waals surface area contributed by atoms with E-state index in [1.165, 1.54) is 9.58 Å². The fourth-order valence-electron chi connectivity index (χ4n) is 2.42. The minimum Gasteiger partial charge on any atom is -0.342 e. The highest BCUT2D eigenvalue weighted by Crippen LogP contribution is 2.39. The molecule has 1 aromatic heterocycles. The van der Waals surface area contributed by atoms with E-state index in [0.29, 0.717) is 6.42 Å². The van der Waals surface area contributed by atoms with Gasteiger partial charge in [0.2, 0.25) is 5.82 Å². The Labute approximate surface area is 116 Å². The molecule has 1 amide bonds. The van der Waals surface area contributed by atoms with Gasteiger partial charge in [-0.3, -0.25) is 4.79 Å². The molecule has 2 unspecified atom stereocenters. The molecule has 0 radical (unpaired) electrons. The van der Waals surface area contributed by atoms with Crippen LogP contribution in [0.15, 0.2) is 30.3 Å². The summed E-state index contributed by atoms with van der Waals surface area (Å²) in [4.78, 5) is 17.3. The molecule has 0 spiro atoms. The largest absolute Gasteiger partial charge is 0.342 e. The molecular formula is C14H15FN4O. The number of carbonyl (C=O) groups excluding carboxylic acids is 1. The summed E-state index contributed by atoms with van der Waals surface area (Å²) in [5, 5.41) is 4.19. The van der Waals surface area contributed by atoms with Gasteiger partial charge in [0.15, 0.2) is 12.0 Å². The fourth-order valence-corrected chi connectivity index (χ4v) is 2.42. The van der Waals surface area contributed by atoms with Crippen molar-refractivity contribution in [1.29, 1.82) is 0 Å². The lowest BCUT2D eigenvalue weighted by Gasteiger charge is -2.11. The fraction of sp³-hybridized carbons (Fsp3) is 0.357. The zero-order valence-electron chi connectivity index (χ0n) is 11.3. The van der Waals surface area contributed by atoms with Crippen molar-refractivity contribution in [3.63, 3.8) is 0 Å². The molecule has 1 aromatic carbocycles. The Kier molecular flexibility index (Phi) is 3.00. The van der Waals surface area contributed by atoms with E-state index < -0.39 is 6.17 Å². The summed E-state index contributed by atoms with van der Waals surface area (Å²) in [5.41, 5.74) is 0.975.